The minimum atomic E-state index is -0.102. The lowest BCUT2D eigenvalue weighted by Crippen LogP contribution is -3.11. The summed E-state index contributed by atoms with van der Waals surface area (Å²) in [6.07, 6.45) is 2.49. The van der Waals surface area contributed by atoms with Crippen molar-refractivity contribution < 1.29 is 19.2 Å². The number of quaternary nitrogens is 1. The first-order valence-electron chi connectivity index (χ1n) is 10.2. The molecule has 1 amide bonds. The van der Waals surface area contributed by atoms with Crippen LogP contribution in [0.1, 0.15) is 24.4 Å². The maximum absolute atomic E-state index is 12.4. The van der Waals surface area contributed by atoms with Crippen molar-refractivity contribution in [3.05, 3.63) is 54.1 Å². The fourth-order valence-corrected chi connectivity index (χ4v) is 3.77. The van der Waals surface area contributed by atoms with E-state index in [-0.39, 0.29) is 18.6 Å². The standard InChI is InChI=1S/C23H31N3O3/c1-25(2)19-8-6-18(7-9-19)22(26-14-4-5-15-26)16-24-23(27)17-29-21-12-10-20(28-3)11-13-21/h6-13,22H,4-5,14-17H2,1-3H3,(H,24,27)/p+1/t22-/m0/s1. The molecule has 1 fully saturated rings. The maximum atomic E-state index is 12.4. The lowest BCUT2D eigenvalue weighted by atomic mass is 10.0. The Balaban J connectivity index is 1.56. The second-order valence-electron chi connectivity index (χ2n) is 7.67. The Morgan fingerprint density at radius 3 is 2.24 bits per heavy atom. The third kappa shape index (κ3) is 5.87. The molecule has 6 nitrogen and oxygen atoms in total. The number of ether oxygens (including phenoxy) is 2. The summed E-state index contributed by atoms with van der Waals surface area (Å²) >= 11 is 0. The molecule has 6 heteroatoms. The number of nitrogens with zero attached hydrogens (tertiary/aromatic N) is 1. The lowest BCUT2D eigenvalue weighted by molar-refractivity contribution is -0.918. The van der Waals surface area contributed by atoms with Crippen LogP contribution in [0.25, 0.3) is 0 Å². The molecule has 1 aliphatic rings. The molecule has 0 radical (unpaired) electrons. The van der Waals surface area contributed by atoms with Gasteiger partial charge in [-0.1, -0.05) is 12.1 Å². The van der Waals surface area contributed by atoms with E-state index in [4.69, 9.17) is 9.47 Å². The van der Waals surface area contributed by atoms with Crippen molar-refractivity contribution in [2.24, 2.45) is 0 Å². The van der Waals surface area contributed by atoms with Crippen LogP contribution >= 0.6 is 0 Å². The Hall–Kier alpha value is -2.73. The number of carbonyl (C=O) groups is 1. The largest absolute Gasteiger partial charge is 0.497 e. The SMILES string of the molecule is COc1ccc(OCC(=O)NC[C@@H](c2ccc(N(C)C)cc2)[NH+]2CCCC2)cc1. The summed E-state index contributed by atoms with van der Waals surface area (Å²) in [4.78, 5) is 16.0. The second-order valence-corrected chi connectivity index (χ2v) is 7.67. The molecule has 3 rings (SSSR count). The monoisotopic (exact) mass is 398 g/mol. The number of carbonyl (C=O) groups excluding carboxylic acids is 1. The van der Waals surface area contributed by atoms with Gasteiger partial charge in [0.25, 0.3) is 5.91 Å². The Labute approximate surface area is 173 Å². The molecular formula is C23H32N3O3+. The van der Waals surface area contributed by atoms with Gasteiger partial charge in [-0.2, -0.15) is 0 Å². The van der Waals surface area contributed by atoms with Gasteiger partial charge in [0.05, 0.1) is 26.7 Å². The number of benzene rings is 2. The van der Waals surface area contributed by atoms with Gasteiger partial charge in [-0.25, -0.2) is 0 Å². The molecule has 2 aromatic rings. The average molecular weight is 399 g/mol. The van der Waals surface area contributed by atoms with Crippen LogP contribution in [0.15, 0.2) is 48.5 Å². The molecule has 0 aromatic heterocycles. The molecule has 0 spiro atoms. The van der Waals surface area contributed by atoms with E-state index < -0.39 is 0 Å². The van der Waals surface area contributed by atoms with E-state index in [9.17, 15) is 4.79 Å². The molecule has 0 saturated carbocycles. The van der Waals surface area contributed by atoms with E-state index in [1.165, 1.54) is 24.1 Å². The summed E-state index contributed by atoms with van der Waals surface area (Å²) in [6, 6.07) is 16.2. The number of rotatable bonds is 9. The third-order valence-electron chi connectivity index (χ3n) is 5.48. The maximum Gasteiger partial charge on any atom is 0.258 e. The molecule has 0 unspecified atom stereocenters. The van der Waals surface area contributed by atoms with E-state index in [1.54, 1.807) is 24.1 Å². The molecule has 1 atom stereocenters. The number of anilines is 1. The van der Waals surface area contributed by atoms with Crippen LogP contribution in [0.2, 0.25) is 0 Å². The smallest absolute Gasteiger partial charge is 0.258 e. The Bertz CT molecular complexity index is 769. The molecule has 156 valence electrons. The van der Waals surface area contributed by atoms with Crippen LogP contribution in [-0.2, 0) is 4.79 Å². The lowest BCUT2D eigenvalue weighted by Gasteiger charge is -2.26. The van der Waals surface area contributed by atoms with Crippen molar-refractivity contribution in [3.8, 4) is 11.5 Å². The van der Waals surface area contributed by atoms with Crippen molar-refractivity contribution >= 4 is 11.6 Å². The quantitative estimate of drug-likeness (QED) is 0.675. The molecule has 0 aliphatic carbocycles. The van der Waals surface area contributed by atoms with E-state index in [1.807, 2.05) is 26.2 Å². The number of amides is 1. The Kier molecular flexibility index (Phi) is 7.36. The highest BCUT2D eigenvalue weighted by molar-refractivity contribution is 5.77. The fraction of sp³-hybridized carbons (Fsp3) is 0.435. The molecule has 1 heterocycles. The molecule has 0 bridgehead atoms. The number of likely N-dealkylation sites (tertiary alicyclic amines) is 1. The van der Waals surface area contributed by atoms with Gasteiger partial charge in [-0.15, -0.1) is 0 Å². The van der Waals surface area contributed by atoms with E-state index in [0.717, 1.165) is 18.8 Å². The van der Waals surface area contributed by atoms with Gasteiger partial charge in [0, 0.05) is 38.2 Å². The topological polar surface area (TPSA) is 55.2 Å². The summed E-state index contributed by atoms with van der Waals surface area (Å²) in [6.45, 7) is 2.92. The first-order chi connectivity index (χ1) is 14.1. The molecule has 2 aromatic carbocycles. The van der Waals surface area contributed by atoms with Gasteiger partial charge in [0.2, 0.25) is 0 Å². The van der Waals surface area contributed by atoms with Crippen LogP contribution < -0.4 is 24.6 Å². The molecule has 1 saturated heterocycles. The van der Waals surface area contributed by atoms with E-state index in [0.29, 0.717) is 12.3 Å². The highest BCUT2D eigenvalue weighted by Crippen LogP contribution is 2.18. The molecular weight excluding hydrogens is 366 g/mol. The predicted molar refractivity (Wildman–Crippen MR) is 115 cm³/mol. The Morgan fingerprint density at radius 1 is 1.03 bits per heavy atom. The van der Waals surface area contributed by atoms with E-state index >= 15 is 0 Å². The van der Waals surface area contributed by atoms with Crippen molar-refractivity contribution in [2.75, 3.05) is 52.3 Å². The minimum Gasteiger partial charge on any atom is -0.497 e. The zero-order chi connectivity index (χ0) is 20.6. The highest BCUT2D eigenvalue weighted by atomic mass is 16.5. The van der Waals surface area contributed by atoms with Gasteiger partial charge < -0.3 is 24.6 Å². The summed E-state index contributed by atoms with van der Waals surface area (Å²) in [7, 11) is 5.71. The summed E-state index contributed by atoms with van der Waals surface area (Å²) in [5, 5.41) is 3.07. The van der Waals surface area contributed by atoms with Gasteiger partial charge >= 0.3 is 0 Å². The van der Waals surface area contributed by atoms with Crippen LogP contribution in [0.3, 0.4) is 0 Å². The average Bonchev–Trinajstić information content (AvgIpc) is 3.27. The predicted octanol–water partition coefficient (Wildman–Crippen LogP) is 1.68. The highest BCUT2D eigenvalue weighted by Gasteiger charge is 2.27. The van der Waals surface area contributed by atoms with Gasteiger partial charge in [-0.3, -0.25) is 4.79 Å². The van der Waals surface area contributed by atoms with Crippen LogP contribution in [0.5, 0.6) is 11.5 Å². The normalized spacial score (nSPS) is 15.0. The first kappa shape index (κ1) is 21.0. The number of nitrogens with one attached hydrogen (secondary N) is 2. The summed E-state index contributed by atoms with van der Waals surface area (Å²) < 4.78 is 10.7. The van der Waals surface area contributed by atoms with Crippen molar-refractivity contribution in [3.63, 3.8) is 0 Å². The van der Waals surface area contributed by atoms with Crippen molar-refractivity contribution in [2.45, 2.75) is 18.9 Å². The summed E-state index contributed by atoms with van der Waals surface area (Å²) in [5.74, 6) is 1.31. The van der Waals surface area contributed by atoms with Crippen molar-refractivity contribution in [1.29, 1.82) is 0 Å². The first-order valence-corrected chi connectivity index (χ1v) is 10.2. The zero-order valence-corrected chi connectivity index (χ0v) is 17.6. The van der Waals surface area contributed by atoms with Gasteiger partial charge in [0.1, 0.15) is 17.5 Å². The van der Waals surface area contributed by atoms with Crippen LogP contribution in [0.4, 0.5) is 5.69 Å². The number of hydrogen-bond donors (Lipinski definition) is 2. The molecule has 1 aliphatic heterocycles. The fourth-order valence-electron chi connectivity index (χ4n) is 3.77. The van der Waals surface area contributed by atoms with Gasteiger partial charge in [-0.05, 0) is 36.4 Å². The minimum absolute atomic E-state index is 0.00789. The van der Waals surface area contributed by atoms with Crippen LogP contribution in [-0.4, -0.2) is 53.4 Å². The van der Waals surface area contributed by atoms with E-state index in [2.05, 4.69) is 34.5 Å². The van der Waals surface area contributed by atoms with Gasteiger partial charge in [0.15, 0.2) is 6.61 Å². The second kappa shape index (κ2) is 10.2. The molecule has 2 N–H and O–H groups in total. The van der Waals surface area contributed by atoms with Crippen LogP contribution in [0, 0.1) is 0 Å². The van der Waals surface area contributed by atoms with Crippen molar-refractivity contribution in [1.82, 2.24) is 5.32 Å². The molecule has 29 heavy (non-hydrogen) atoms. The Morgan fingerprint density at radius 2 is 1.66 bits per heavy atom. The number of methoxy groups -OCH3 is 1. The zero-order valence-electron chi connectivity index (χ0n) is 17.6. The summed E-state index contributed by atoms with van der Waals surface area (Å²) in [5.41, 5.74) is 2.45. The third-order valence-corrected chi connectivity index (χ3v) is 5.48. The number of hydrogen-bond acceptors (Lipinski definition) is 4.